The number of aromatic nitrogens is 1. The van der Waals surface area contributed by atoms with Gasteiger partial charge in [-0.05, 0) is 33.0 Å². The van der Waals surface area contributed by atoms with E-state index in [0.29, 0.717) is 28.0 Å². The van der Waals surface area contributed by atoms with Crippen molar-refractivity contribution in [1.82, 2.24) is 9.88 Å². The third-order valence-electron chi connectivity index (χ3n) is 5.45. The maximum absolute atomic E-state index is 6.45. The summed E-state index contributed by atoms with van der Waals surface area (Å²) >= 11 is 12.3. The van der Waals surface area contributed by atoms with Crippen molar-refractivity contribution in [2.24, 2.45) is 11.8 Å². The summed E-state index contributed by atoms with van der Waals surface area (Å²) in [6, 6.07) is 1.77. The first-order valence-electron chi connectivity index (χ1n) is 7.87. The van der Waals surface area contributed by atoms with Gasteiger partial charge in [0.25, 0.3) is 0 Å². The van der Waals surface area contributed by atoms with Crippen LogP contribution in [-0.4, -0.2) is 55.3 Å². The quantitative estimate of drug-likeness (QED) is 0.845. The lowest BCUT2D eigenvalue weighted by atomic mass is 9.73. The molecule has 4 atom stereocenters. The predicted octanol–water partition coefficient (Wildman–Crippen LogP) is 2.93. The molecule has 0 N–H and O–H groups in total. The molecule has 1 aromatic rings. The Morgan fingerprint density at radius 3 is 3.00 bits per heavy atom. The highest BCUT2D eigenvalue weighted by atomic mass is 35.5. The smallest absolute Gasteiger partial charge is 0.147 e. The van der Waals surface area contributed by atoms with Gasteiger partial charge in [-0.2, -0.15) is 0 Å². The van der Waals surface area contributed by atoms with E-state index in [4.69, 9.17) is 27.9 Å². The largest absolute Gasteiger partial charge is 0.369 e. The van der Waals surface area contributed by atoms with Crippen molar-refractivity contribution < 1.29 is 4.74 Å². The van der Waals surface area contributed by atoms with Crippen LogP contribution in [0.2, 0.25) is 10.0 Å². The standard InChI is InChI=1S/C16H21Cl2N3O/c1-20(2)7-11-12-8-21(9-16(12)4-3-14(11)22-16)15-13(18)5-10(17)6-19-15/h5-6,11-12,14H,3-4,7-9H2,1-2H3/t11-,12+,14+,16+/m0/s1. The summed E-state index contributed by atoms with van der Waals surface area (Å²) in [6.07, 6.45) is 4.45. The van der Waals surface area contributed by atoms with Crippen molar-refractivity contribution in [2.45, 2.75) is 24.5 Å². The van der Waals surface area contributed by atoms with E-state index in [0.717, 1.165) is 31.9 Å². The molecule has 22 heavy (non-hydrogen) atoms. The van der Waals surface area contributed by atoms with Crippen molar-refractivity contribution >= 4 is 29.0 Å². The lowest BCUT2D eigenvalue weighted by Gasteiger charge is -2.30. The molecule has 0 amide bonds. The van der Waals surface area contributed by atoms with Gasteiger partial charge in [0, 0.05) is 37.7 Å². The first-order valence-corrected chi connectivity index (χ1v) is 8.63. The SMILES string of the molecule is CN(C)C[C@H]1[C@H]2CN(c3ncc(Cl)cc3Cl)C[C@]23CC[C@H]1O3. The first kappa shape index (κ1) is 15.0. The molecule has 1 spiro atoms. The van der Waals surface area contributed by atoms with E-state index in [2.05, 4.69) is 28.9 Å². The van der Waals surface area contributed by atoms with E-state index >= 15 is 0 Å². The predicted molar refractivity (Wildman–Crippen MR) is 88.8 cm³/mol. The van der Waals surface area contributed by atoms with Gasteiger partial charge in [0.1, 0.15) is 5.82 Å². The molecule has 0 unspecified atom stereocenters. The molecule has 4 nitrogen and oxygen atoms in total. The Bertz CT molecular complexity index is 597. The monoisotopic (exact) mass is 341 g/mol. The Balaban J connectivity index is 1.60. The average Bonchev–Trinajstić information content (AvgIpc) is 3.08. The second kappa shape index (κ2) is 5.23. The van der Waals surface area contributed by atoms with Crippen molar-refractivity contribution in [3.05, 3.63) is 22.3 Å². The zero-order valence-corrected chi connectivity index (χ0v) is 14.4. The summed E-state index contributed by atoms with van der Waals surface area (Å²) in [4.78, 5) is 9.01. The summed E-state index contributed by atoms with van der Waals surface area (Å²) in [6.45, 7) is 2.96. The van der Waals surface area contributed by atoms with Crippen molar-refractivity contribution in [3.8, 4) is 0 Å². The molecule has 0 radical (unpaired) electrons. The highest BCUT2D eigenvalue weighted by molar-refractivity contribution is 6.36. The van der Waals surface area contributed by atoms with Crippen LogP contribution in [0.1, 0.15) is 12.8 Å². The van der Waals surface area contributed by atoms with Gasteiger partial charge >= 0.3 is 0 Å². The Labute approximate surface area is 141 Å². The Kier molecular flexibility index (Phi) is 3.57. The number of nitrogens with zero attached hydrogens (tertiary/aromatic N) is 3. The van der Waals surface area contributed by atoms with Gasteiger partial charge in [0.15, 0.2) is 0 Å². The van der Waals surface area contributed by atoms with Crippen LogP contribution in [0.5, 0.6) is 0 Å². The molecule has 2 bridgehead atoms. The van der Waals surface area contributed by atoms with Crippen LogP contribution >= 0.6 is 23.2 Å². The van der Waals surface area contributed by atoms with Gasteiger partial charge < -0.3 is 14.5 Å². The molecule has 3 aliphatic rings. The van der Waals surface area contributed by atoms with Crippen LogP contribution < -0.4 is 4.90 Å². The fraction of sp³-hybridized carbons (Fsp3) is 0.688. The molecule has 4 heterocycles. The minimum absolute atomic E-state index is 0.00991. The summed E-state index contributed by atoms with van der Waals surface area (Å²) in [5.41, 5.74) is 0.00991. The Morgan fingerprint density at radius 2 is 2.27 bits per heavy atom. The lowest BCUT2D eigenvalue weighted by Crippen LogP contribution is -2.40. The summed E-state index contributed by atoms with van der Waals surface area (Å²) in [7, 11) is 4.28. The third-order valence-corrected chi connectivity index (χ3v) is 5.93. The van der Waals surface area contributed by atoms with Crippen LogP contribution in [0.4, 0.5) is 5.82 Å². The fourth-order valence-electron chi connectivity index (χ4n) is 4.66. The molecule has 0 saturated carbocycles. The van der Waals surface area contributed by atoms with Gasteiger partial charge in [-0.15, -0.1) is 0 Å². The van der Waals surface area contributed by atoms with E-state index in [1.54, 1.807) is 12.3 Å². The van der Waals surface area contributed by atoms with E-state index in [9.17, 15) is 0 Å². The lowest BCUT2D eigenvalue weighted by molar-refractivity contribution is 0.0136. The van der Waals surface area contributed by atoms with E-state index in [-0.39, 0.29) is 5.60 Å². The summed E-state index contributed by atoms with van der Waals surface area (Å²) in [5.74, 6) is 2.02. The van der Waals surface area contributed by atoms with Gasteiger partial charge in [0.2, 0.25) is 0 Å². The van der Waals surface area contributed by atoms with E-state index < -0.39 is 0 Å². The minimum Gasteiger partial charge on any atom is -0.369 e. The average molecular weight is 342 g/mol. The fourth-order valence-corrected chi connectivity index (χ4v) is 5.16. The number of fused-ring (bicyclic) bond motifs is 1. The van der Waals surface area contributed by atoms with E-state index in [1.807, 2.05) is 0 Å². The third kappa shape index (κ3) is 2.23. The molecular weight excluding hydrogens is 321 g/mol. The number of hydrogen-bond acceptors (Lipinski definition) is 4. The second-order valence-electron chi connectivity index (χ2n) is 7.13. The minimum atomic E-state index is 0.00991. The maximum Gasteiger partial charge on any atom is 0.147 e. The Morgan fingerprint density at radius 1 is 1.45 bits per heavy atom. The van der Waals surface area contributed by atoms with Gasteiger partial charge in [0.05, 0.1) is 21.8 Å². The summed E-state index contributed by atoms with van der Waals surface area (Å²) < 4.78 is 6.45. The molecule has 3 aliphatic heterocycles. The van der Waals surface area contributed by atoms with Crippen LogP contribution in [0.15, 0.2) is 12.3 Å². The molecule has 4 rings (SSSR count). The zero-order chi connectivity index (χ0) is 15.5. The molecule has 0 aromatic carbocycles. The molecule has 3 saturated heterocycles. The number of hydrogen-bond donors (Lipinski definition) is 0. The molecular formula is C16H21Cl2N3O. The van der Waals surface area contributed by atoms with Gasteiger partial charge in [-0.25, -0.2) is 4.98 Å². The van der Waals surface area contributed by atoms with Crippen LogP contribution in [0, 0.1) is 11.8 Å². The molecule has 0 aliphatic carbocycles. The number of ether oxygens (including phenoxy) is 1. The number of halogens is 2. The zero-order valence-electron chi connectivity index (χ0n) is 12.9. The number of anilines is 1. The Hall–Kier alpha value is -0.550. The molecule has 3 fully saturated rings. The maximum atomic E-state index is 6.45. The van der Waals surface area contributed by atoms with Gasteiger partial charge in [-0.3, -0.25) is 0 Å². The van der Waals surface area contributed by atoms with Crippen molar-refractivity contribution in [3.63, 3.8) is 0 Å². The number of pyridine rings is 1. The van der Waals surface area contributed by atoms with Gasteiger partial charge in [-0.1, -0.05) is 23.2 Å². The number of rotatable bonds is 3. The molecule has 1 aromatic heterocycles. The van der Waals surface area contributed by atoms with E-state index in [1.165, 1.54) is 6.42 Å². The molecule has 6 heteroatoms. The highest BCUT2D eigenvalue weighted by Crippen LogP contribution is 2.55. The highest BCUT2D eigenvalue weighted by Gasteiger charge is 2.63. The van der Waals surface area contributed by atoms with Crippen LogP contribution in [-0.2, 0) is 4.74 Å². The summed E-state index contributed by atoms with van der Waals surface area (Å²) in [5, 5.41) is 1.21. The van der Waals surface area contributed by atoms with Crippen molar-refractivity contribution in [2.75, 3.05) is 38.6 Å². The topological polar surface area (TPSA) is 28.6 Å². The second-order valence-corrected chi connectivity index (χ2v) is 7.98. The van der Waals surface area contributed by atoms with Crippen LogP contribution in [0.3, 0.4) is 0 Å². The first-order chi connectivity index (χ1) is 10.5. The normalized spacial score (nSPS) is 36.4. The van der Waals surface area contributed by atoms with Crippen molar-refractivity contribution in [1.29, 1.82) is 0 Å². The van der Waals surface area contributed by atoms with Crippen LogP contribution in [0.25, 0.3) is 0 Å². The molecule has 120 valence electrons.